The van der Waals surface area contributed by atoms with Crippen LogP contribution in [0.3, 0.4) is 0 Å². The minimum atomic E-state index is -0.0916. The summed E-state index contributed by atoms with van der Waals surface area (Å²) in [6, 6.07) is 13.5. The lowest BCUT2D eigenvalue weighted by atomic mass is 10.1. The van der Waals surface area contributed by atoms with Crippen LogP contribution in [0.5, 0.6) is 0 Å². The summed E-state index contributed by atoms with van der Waals surface area (Å²) >= 11 is 0. The van der Waals surface area contributed by atoms with Crippen molar-refractivity contribution in [2.24, 2.45) is 0 Å². The summed E-state index contributed by atoms with van der Waals surface area (Å²) in [5, 5.41) is 7.47. The number of benzene rings is 1. The lowest BCUT2D eigenvalue weighted by Crippen LogP contribution is -2.34. The molecule has 142 valence electrons. The molecular formula is C21H26N4O2. The first kappa shape index (κ1) is 18.9. The Kier molecular flexibility index (Phi) is 5.76. The van der Waals surface area contributed by atoms with Gasteiger partial charge in [-0.25, -0.2) is 0 Å². The third-order valence-electron chi connectivity index (χ3n) is 4.60. The molecule has 2 heterocycles. The fourth-order valence-electron chi connectivity index (χ4n) is 3.08. The molecule has 0 aliphatic rings. The second-order valence-corrected chi connectivity index (χ2v) is 6.99. The van der Waals surface area contributed by atoms with Gasteiger partial charge in [0.25, 0.3) is 5.91 Å². The quantitative estimate of drug-likeness (QED) is 0.698. The molecule has 0 radical (unpaired) electrons. The molecule has 3 aromatic rings. The van der Waals surface area contributed by atoms with Gasteiger partial charge in [0.05, 0.1) is 24.5 Å². The van der Waals surface area contributed by atoms with Crippen molar-refractivity contribution in [2.75, 3.05) is 20.6 Å². The number of carbonyl (C=O) groups excluding carboxylic acids is 1. The number of nitrogens with zero attached hydrogens (tertiary/aromatic N) is 3. The van der Waals surface area contributed by atoms with E-state index in [0.29, 0.717) is 18.7 Å². The smallest absolute Gasteiger partial charge is 0.251 e. The summed E-state index contributed by atoms with van der Waals surface area (Å²) in [5.41, 5.74) is 3.89. The fourth-order valence-corrected chi connectivity index (χ4v) is 3.08. The van der Waals surface area contributed by atoms with Gasteiger partial charge in [0.15, 0.2) is 0 Å². The molecule has 1 aromatic carbocycles. The van der Waals surface area contributed by atoms with Gasteiger partial charge in [-0.2, -0.15) is 5.10 Å². The van der Waals surface area contributed by atoms with Crippen LogP contribution in [0.15, 0.2) is 53.1 Å². The van der Waals surface area contributed by atoms with Gasteiger partial charge in [0, 0.05) is 17.8 Å². The zero-order chi connectivity index (χ0) is 19.4. The molecule has 0 bridgehead atoms. The van der Waals surface area contributed by atoms with E-state index in [9.17, 15) is 4.79 Å². The average molecular weight is 366 g/mol. The second kappa shape index (κ2) is 8.22. The standard InChI is InChI=1S/C21H26N4O2/c1-15-12-16(2)25(23-15)14-17-7-9-18(10-8-17)21(26)22-13-19(24(3)4)20-6-5-11-27-20/h5-12,19H,13-14H2,1-4H3,(H,22,26). The summed E-state index contributed by atoms with van der Waals surface area (Å²) in [4.78, 5) is 14.5. The van der Waals surface area contributed by atoms with Crippen molar-refractivity contribution in [1.29, 1.82) is 0 Å². The monoisotopic (exact) mass is 366 g/mol. The van der Waals surface area contributed by atoms with E-state index in [1.165, 1.54) is 0 Å². The molecule has 3 rings (SSSR count). The number of furan rings is 1. The van der Waals surface area contributed by atoms with Crippen molar-refractivity contribution in [3.63, 3.8) is 0 Å². The molecule has 0 aliphatic heterocycles. The van der Waals surface area contributed by atoms with E-state index < -0.39 is 0 Å². The van der Waals surface area contributed by atoms with Crippen LogP contribution in [0.2, 0.25) is 0 Å². The molecule has 1 unspecified atom stereocenters. The second-order valence-electron chi connectivity index (χ2n) is 6.99. The highest BCUT2D eigenvalue weighted by Crippen LogP contribution is 2.18. The number of carbonyl (C=O) groups is 1. The maximum absolute atomic E-state index is 12.5. The molecule has 2 aromatic heterocycles. The average Bonchev–Trinajstić information content (AvgIpc) is 3.25. The van der Waals surface area contributed by atoms with E-state index >= 15 is 0 Å². The molecule has 1 amide bonds. The third-order valence-corrected chi connectivity index (χ3v) is 4.60. The van der Waals surface area contributed by atoms with Crippen LogP contribution >= 0.6 is 0 Å². The Hall–Kier alpha value is -2.86. The zero-order valence-corrected chi connectivity index (χ0v) is 16.3. The van der Waals surface area contributed by atoms with Gasteiger partial charge in [0.1, 0.15) is 5.76 Å². The van der Waals surface area contributed by atoms with Crippen LogP contribution in [0.25, 0.3) is 0 Å². The van der Waals surface area contributed by atoms with Crippen molar-refractivity contribution in [2.45, 2.75) is 26.4 Å². The van der Waals surface area contributed by atoms with Crippen LogP contribution in [-0.2, 0) is 6.54 Å². The number of nitrogens with one attached hydrogen (secondary N) is 1. The highest BCUT2D eigenvalue weighted by molar-refractivity contribution is 5.94. The topological polar surface area (TPSA) is 63.3 Å². The Bertz CT molecular complexity index is 880. The maximum atomic E-state index is 12.5. The van der Waals surface area contributed by atoms with Gasteiger partial charge in [-0.05, 0) is 63.8 Å². The van der Waals surface area contributed by atoms with Gasteiger partial charge in [0.2, 0.25) is 0 Å². The minimum absolute atomic E-state index is 0.00532. The number of hydrogen-bond acceptors (Lipinski definition) is 4. The molecule has 6 heteroatoms. The lowest BCUT2D eigenvalue weighted by molar-refractivity contribution is 0.0939. The SMILES string of the molecule is Cc1cc(C)n(Cc2ccc(C(=O)NCC(c3ccco3)N(C)C)cc2)n1. The third kappa shape index (κ3) is 4.65. The lowest BCUT2D eigenvalue weighted by Gasteiger charge is -2.22. The normalized spacial score (nSPS) is 12.3. The first-order valence-electron chi connectivity index (χ1n) is 9.02. The number of aryl methyl sites for hydroxylation is 2. The number of rotatable bonds is 7. The highest BCUT2D eigenvalue weighted by Gasteiger charge is 2.18. The van der Waals surface area contributed by atoms with Gasteiger partial charge in [-0.15, -0.1) is 0 Å². The van der Waals surface area contributed by atoms with Gasteiger partial charge in [-0.1, -0.05) is 12.1 Å². The van der Waals surface area contributed by atoms with Crippen molar-refractivity contribution in [1.82, 2.24) is 20.0 Å². The maximum Gasteiger partial charge on any atom is 0.251 e. The Balaban J connectivity index is 1.61. The molecule has 0 fully saturated rings. The molecule has 27 heavy (non-hydrogen) atoms. The predicted molar refractivity (Wildman–Crippen MR) is 105 cm³/mol. The molecular weight excluding hydrogens is 340 g/mol. The highest BCUT2D eigenvalue weighted by atomic mass is 16.3. The Labute approximate surface area is 159 Å². The molecule has 0 spiro atoms. The first-order chi connectivity index (χ1) is 12.9. The Morgan fingerprint density at radius 2 is 1.96 bits per heavy atom. The summed E-state index contributed by atoms with van der Waals surface area (Å²) in [6.45, 7) is 5.21. The van der Waals surface area contributed by atoms with Gasteiger partial charge in [-0.3, -0.25) is 14.4 Å². The number of aromatic nitrogens is 2. The summed E-state index contributed by atoms with van der Waals surface area (Å²) in [7, 11) is 3.93. The Morgan fingerprint density at radius 1 is 1.22 bits per heavy atom. The van der Waals surface area contributed by atoms with Crippen molar-refractivity contribution >= 4 is 5.91 Å². The van der Waals surface area contributed by atoms with Crippen LogP contribution in [0.1, 0.15) is 39.1 Å². The number of likely N-dealkylation sites (N-methyl/N-ethyl adjacent to an activating group) is 1. The van der Waals surface area contributed by atoms with Crippen molar-refractivity contribution < 1.29 is 9.21 Å². The van der Waals surface area contributed by atoms with E-state index in [0.717, 1.165) is 22.7 Å². The summed E-state index contributed by atoms with van der Waals surface area (Å²) < 4.78 is 7.45. The van der Waals surface area contributed by atoms with Crippen molar-refractivity contribution in [3.05, 3.63) is 77.0 Å². The van der Waals surface area contributed by atoms with Crippen LogP contribution in [-0.4, -0.2) is 41.2 Å². The van der Waals surface area contributed by atoms with Crippen LogP contribution < -0.4 is 5.32 Å². The minimum Gasteiger partial charge on any atom is -0.468 e. The Morgan fingerprint density at radius 3 is 2.52 bits per heavy atom. The molecule has 1 N–H and O–H groups in total. The largest absolute Gasteiger partial charge is 0.468 e. The van der Waals surface area contributed by atoms with Gasteiger partial charge >= 0.3 is 0 Å². The fraction of sp³-hybridized carbons (Fsp3) is 0.333. The van der Waals surface area contributed by atoms with Gasteiger partial charge < -0.3 is 9.73 Å². The zero-order valence-electron chi connectivity index (χ0n) is 16.3. The van der Waals surface area contributed by atoms with E-state index in [-0.39, 0.29) is 11.9 Å². The molecule has 0 saturated carbocycles. The van der Waals surface area contributed by atoms with Crippen molar-refractivity contribution in [3.8, 4) is 0 Å². The summed E-state index contributed by atoms with van der Waals surface area (Å²) in [6.07, 6.45) is 1.65. The summed E-state index contributed by atoms with van der Waals surface area (Å²) in [5.74, 6) is 0.742. The number of hydrogen-bond donors (Lipinski definition) is 1. The molecule has 6 nitrogen and oxygen atoms in total. The molecule has 0 aliphatic carbocycles. The van der Waals surface area contributed by atoms with E-state index in [4.69, 9.17) is 4.42 Å². The van der Waals surface area contributed by atoms with Crippen LogP contribution in [0.4, 0.5) is 0 Å². The van der Waals surface area contributed by atoms with E-state index in [1.807, 2.05) is 73.9 Å². The first-order valence-corrected chi connectivity index (χ1v) is 9.02. The van der Waals surface area contributed by atoms with Crippen LogP contribution in [0, 0.1) is 13.8 Å². The molecule has 0 saturated heterocycles. The molecule has 1 atom stereocenters. The van der Waals surface area contributed by atoms with E-state index in [1.54, 1.807) is 6.26 Å². The van der Waals surface area contributed by atoms with E-state index in [2.05, 4.69) is 16.5 Å². The number of amides is 1. The predicted octanol–water partition coefficient (Wildman–Crippen LogP) is 3.17.